The van der Waals surface area contributed by atoms with E-state index in [-0.39, 0.29) is 5.91 Å². The first-order valence-electron chi connectivity index (χ1n) is 7.30. The summed E-state index contributed by atoms with van der Waals surface area (Å²) in [7, 11) is 0. The Bertz CT molecular complexity index is 1060. The number of carbonyl (C=O) groups excluding carboxylic acids is 1. The molecule has 4 aromatic carbocycles. The second kappa shape index (κ2) is 4.57. The van der Waals surface area contributed by atoms with Crippen LogP contribution in [0.15, 0.2) is 60.7 Å². The van der Waals surface area contributed by atoms with Crippen LogP contribution < -0.4 is 5.73 Å². The molecule has 0 atom stereocenters. The average molecular weight is 285 g/mol. The van der Waals surface area contributed by atoms with Gasteiger partial charge in [0.15, 0.2) is 0 Å². The van der Waals surface area contributed by atoms with E-state index in [1.165, 1.54) is 21.5 Å². The van der Waals surface area contributed by atoms with Gasteiger partial charge in [0.2, 0.25) is 5.91 Å². The van der Waals surface area contributed by atoms with Crippen LogP contribution in [0.3, 0.4) is 0 Å². The maximum Gasteiger partial charge on any atom is 0.249 e. The third-order valence-electron chi connectivity index (χ3n) is 4.41. The third kappa shape index (κ3) is 1.70. The smallest absolute Gasteiger partial charge is 0.249 e. The molecule has 0 radical (unpaired) electrons. The van der Waals surface area contributed by atoms with Gasteiger partial charge in [-0.05, 0) is 56.9 Å². The second-order valence-electron chi connectivity index (χ2n) is 5.65. The molecular weight excluding hydrogens is 270 g/mol. The lowest BCUT2D eigenvalue weighted by Crippen LogP contribution is -2.11. The van der Waals surface area contributed by atoms with E-state index in [0.29, 0.717) is 5.56 Å². The molecule has 4 aromatic rings. The highest BCUT2D eigenvalue weighted by Gasteiger charge is 2.12. The van der Waals surface area contributed by atoms with Crippen LogP contribution in [0.25, 0.3) is 32.3 Å². The van der Waals surface area contributed by atoms with E-state index < -0.39 is 0 Å². The number of hydrogen-bond donors (Lipinski definition) is 1. The van der Waals surface area contributed by atoms with Crippen molar-refractivity contribution in [1.29, 1.82) is 0 Å². The molecule has 2 nitrogen and oxygen atoms in total. The lowest BCUT2D eigenvalue weighted by molar-refractivity contribution is 0.100. The van der Waals surface area contributed by atoms with E-state index in [1.807, 2.05) is 18.2 Å². The maximum atomic E-state index is 11.7. The highest BCUT2D eigenvalue weighted by atomic mass is 16.1. The molecule has 0 aliphatic heterocycles. The van der Waals surface area contributed by atoms with Crippen molar-refractivity contribution in [3.05, 3.63) is 71.8 Å². The Morgan fingerprint density at radius 2 is 1.59 bits per heavy atom. The minimum Gasteiger partial charge on any atom is -0.366 e. The summed E-state index contributed by atoms with van der Waals surface area (Å²) >= 11 is 0. The highest BCUT2D eigenvalue weighted by Crippen LogP contribution is 2.34. The van der Waals surface area contributed by atoms with Crippen molar-refractivity contribution >= 4 is 38.2 Å². The predicted molar refractivity (Wildman–Crippen MR) is 92.2 cm³/mol. The van der Waals surface area contributed by atoms with Crippen LogP contribution in [0, 0.1) is 6.92 Å². The molecule has 22 heavy (non-hydrogen) atoms. The lowest BCUT2D eigenvalue weighted by Gasteiger charge is -2.12. The molecule has 0 saturated carbocycles. The van der Waals surface area contributed by atoms with Crippen LogP contribution in [0.2, 0.25) is 0 Å². The normalized spacial score (nSPS) is 11.3. The van der Waals surface area contributed by atoms with E-state index in [9.17, 15) is 4.79 Å². The molecule has 0 unspecified atom stereocenters. The zero-order valence-corrected chi connectivity index (χ0v) is 12.3. The summed E-state index contributed by atoms with van der Waals surface area (Å²) in [5, 5.41) is 6.84. The molecule has 0 heterocycles. The van der Waals surface area contributed by atoms with Crippen LogP contribution in [0.1, 0.15) is 15.9 Å². The fourth-order valence-corrected chi connectivity index (χ4v) is 3.38. The van der Waals surface area contributed by atoms with Gasteiger partial charge in [0.05, 0.1) is 0 Å². The van der Waals surface area contributed by atoms with Crippen LogP contribution in [-0.4, -0.2) is 5.91 Å². The number of aryl methyl sites for hydroxylation is 1. The summed E-state index contributed by atoms with van der Waals surface area (Å²) in [4.78, 5) is 11.7. The number of benzene rings is 4. The quantitative estimate of drug-likeness (QED) is 0.404. The fourth-order valence-electron chi connectivity index (χ4n) is 3.38. The van der Waals surface area contributed by atoms with Gasteiger partial charge in [-0.1, -0.05) is 48.5 Å². The van der Waals surface area contributed by atoms with Crippen molar-refractivity contribution in [1.82, 2.24) is 0 Å². The molecule has 0 aromatic heterocycles. The third-order valence-corrected chi connectivity index (χ3v) is 4.41. The van der Waals surface area contributed by atoms with Crippen LogP contribution in [0.4, 0.5) is 0 Å². The van der Waals surface area contributed by atoms with E-state index in [2.05, 4.69) is 43.3 Å². The minimum absolute atomic E-state index is 0.381. The van der Waals surface area contributed by atoms with Gasteiger partial charge in [0.1, 0.15) is 0 Å². The van der Waals surface area contributed by atoms with Crippen molar-refractivity contribution in [3.63, 3.8) is 0 Å². The monoisotopic (exact) mass is 285 g/mol. The van der Waals surface area contributed by atoms with Crippen molar-refractivity contribution in [2.45, 2.75) is 6.92 Å². The first-order valence-corrected chi connectivity index (χ1v) is 7.30. The Labute approximate surface area is 128 Å². The molecular formula is C20H15NO. The summed E-state index contributed by atoms with van der Waals surface area (Å²) < 4.78 is 0. The van der Waals surface area contributed by atoms with Crippen LogP contribution in [0.5, 0.6) is 0 Å². The van der Waals surface area contributed by atoms with Crippen molar-refractivity contribution in [2.24, 2.45) is 5.73 Å². The van der Waals surface area contributed by atoms with Crippen LogP contribution >= 0.6 is 0 Å². The van der Waals surface area contributed by atoms with E-state index in [0.717, 1.165) is 16.3 Å². The van der Waals surface area contributed by atoms with E-state index in [1.54, 1.807) is 6.07 Å². The molecule has 0 aliphatic rings. The topological polar surface area (TPSA) is 43.1 Å². The standard InChI is InChI=1S/C20H15NO/c1-12-15-10-9-13-5-2-3-7-16(13)18(15)11-14-6-4-8-17(19(12)14)20(21)22/h2-11H,1H3,(H2,21,22). The Morgan fingerprint density at radius 1 is 0.818 bits per heavy atom. The maximum absolute atomic E-state index is 11.7. The minimum atomic E-state index is -0.381. The lowest BCUT2D eigenvalue weighted by atomic mass is 9.92. The molecule has 4 rings (SSSR count). The molecule has 1 amide bonds. The Hall–Kier alpha value is -2.87. The molecule has 2 heteroatoms. The molecule has 106 valence electrons. The van der Waals surface area contributed by atoms with Gasteiger partial charge in [-0.3, -0.25) is 4.79 Å². The predicted octanol–water partition coefficient (Wildman–Crippen LogP) is 4.55. The molecule has 0 aliphatic carbocycles. The average Bonchev–Trinajstić information content (AvgIpc) is 2.54. The first kappa shape index (κ1) is 12.8. The van der Waals surface area contributed by atoms with Gasteiger partial charge in [0.25, 0.3) is 0 Å². The zero-order valence-electron chi connectivity index (χ0n) is 12.3. The van der Waals surface area contributed by atoms with Crippen molar-refractivity contribution < 1.29 is 4.79 Å². The number of hydrogen-bond acceptors (Lipinski definition) is 1. The first-order chi connectivity index (χ1) is 10.7. The number of fused-ring (bicyclic) bond motifs is 4. The van der Waals surface area contributed by atoms with Gasteiger partial charge >= 0.3 is 0 Å². The summed E-state index contributed by atoms with van der Waals surface area (Å²) in [6.07, 6.45) is 0. The molecule has 0 fully saturated rings. The Balaban J connectivity index is 2.27. The van der Waals surface area contributed by atoms with E-state index in [4.69, 9.17) is 5.73 Å². The molecule has 0 saturated heterocycles. The van der Waals surface area contributed by atoms with E-state index >= 15 is 0 Å². The largest absolute Gasteiger partial charge is 0.366 e. The van der Waals surface area contributed by atoms with Gasteiger partial charge in [-0.15, -0.1) is 0 Å². The van der Waals surface area contributed by atoms with Crippen molar-refractivity contribution in [3.8, 4) is 0 Å². The summed E-state index contributed by atoms with van der Waals surface area (Å²) in [5.74, 6) is -0.381. The molecule has 0 bridgehead atoms. The molecule has 0 spiro atoms. The number of amides is 1. The molecule has 2 N–H and O–H groups in total. The number of nitrogens with two attached hydrogens (primary N) is 1. The second-order valence-corrected chi connectivity index (χ2v) is 5.65. The summed E-state index contributed by atoms with van der Waals surface area (Å²) in [6, 6.07) is 20.5. The van der Waals surface area contributed by atoms with Gasteiger partial charge in [-0.25, -0.2) is 0 Å². The number of rotatable bonds is 1. The summed E-state index contributed by atoms with van der Waals surface area (Å²) in [6.45, 7) is 2.06. The van der Waals surface area contributed by atoms with Crippen molar-refractivity contribution in [2.75, 3.05) is 0 Å². The van der Waals surface area contributed by atoms with Crippen LogP contribution in [-0.2, 0) is 0 Å². The van der Waals surface area contributed by atoms with Gasteiger partial charge in [0, 0.05) is 5.56 Å². The van der Waals surface area contributed by atoms with Gasteiger partial charge < -0.3 is 5.73 Å². The summed E-state index contributed by atoms with van der Waals surface area (Å²) in [5.41, 5.74) is 7.24. The number of carbonyl (C=O) groups is 1. The fraction of sp³-hybridized carbons (Fsp3) is 0.0500. The highest BCUT2D eigenvalue weighted by molar-refractivity contribution is 6.17. The number of primary amides is 1. The Morgan fingerprint density at radius 3 is 2.41 bits per heavy atom. The van der Waals surface area contributed by atoms with Gasteiger partial charge in [-0.2, -0.15) is 0 Å². The zero-order chi connectivity index (χ0) is 15.3. The Kier molecular flexibility index (Phi) is 2.67. The SMILES string of the molecule is Cc1c2ccc3ccccc3c2cc2cccc(C(N)=O)c12.